The Morgan fingerprint density at radius 3 is 2.50 bits per heavy atom. The third-order valence-corrected chi connectivity index (χ3v) is 5.41. The molecule has 2 aromatic heterocycles. The molecule has 0 bridgehead atoms. The van der Waals surface area contributed by atoms with E-state index >= 15 is 0 Å². The Hall–Kier alpha value is -2.73. The molecule has 0 N–H and O–H groups in total. The van der Waals surface area contributed by atoms with E-state index in [9.17, 15) is 4.79 Å². The van der Waals surface area contributed by atoms with Crippen molar-refractivity contribution in [3.8, 4) is 27.6 Å². The Morgan fingerprint density at radius 2 is 1.89 bits per heavy atom. The fraction of sp³-hybridized carbons (Fsp3) is 0.318. The standard InChI is InChI=1S/C22H25NO4S/c1-5-8-17-21(22(24)27-6-2)16(20-9-7-12-28-20)14-23(17)15-10-11-18(25-3)19(13-15)26-4/h7,9-14H,5-6,8H2,1-4H3. The summed E-state index contributed by atoms with van der Waals surface area (Å²) in [4.78, 5) is 13.9. The van der Waals surface area contributed by atoms with Crippen molar-refractivity contribution in [2.75, 3.05) is 20.8 Å². The number of rotatable bonds is 8. The van der Waals surface area contributed by atoms with E-state index in [4.69, 9.17) is 14.2 Å². The smallest absolute Gasteiger partial charge is 0.340 e. The number of carbonyl (C=O) groups is 1. The third-order valence-electron chi connectivity index (χ3n) is 4.51. The van der Waals surface area contributed by atoms with Crippen LogP contribution in [0.2, 0.25) is 0 Å². The summed E-state index contributed by atoms with van der Waals surface area (Å²) in [6.45, 7) is 4.27. The van der Waals surface area contributed by atoms with Crippen LogP contribution in [-0.4, -0.2) is 31.4 Å². The molecule has 0 saturated carbocycles. The molecule has 6 heteroatoms. The molecule has 0 atom stereocenters. The van der Waals surface area contributed by atoms with Crippen LogP contribution in [0.5, 0.6) is 11.5 Å². The first-order chi connectivity index (χ1) is 13.6. The lowest BCUT2D eigenvalue weighted by molar-refractivity contribution is 0.0526. The van der Waals surface area contributed by atoms with Gasteiger partial charge >= 0.3 is 5.97 Å². The molecular weight excluding hydrogens is 374 g/mol. The molecule has 0 spiro atoms. The maximum absolute atomic E-state index is 12.8. The first-order valence-corrected chi connectivity index (χ1v) is 10.2. The lowest BCUT2D eigenvalue weighted by Crippen LogP contribution is -2.10. The van der Waals surface area contributed by atoms with Crippen LogP contribution in [0.1, 0.15) is 36.3 Å². The van der Waals surface area contributed by atoms with Gasteiger partial charge in [0.1, 0.15) is 0 Å². The predicted molar refractivity (Wildman–Crippen MR) is 112 cm³/mol. The Balaban J connectivity index is 2.23. The minimum atomic E-state index is -0.284. The summed E-state index contributed by atoms with van der Waals surface area (Å²) < 4.78 is 18.3. The van der Waals surface area contributed by atoms with E-state index in [1.54, 1.807) is 25.6 Å². The molecule has 0 fully saturated rings. The lowest BCUT2D eigenvalue weighted by Gasteiger charge is -2.13. The first kappa shape index (κ1) is 20.0. The molecule has 5 nitrogen and oxygen atoms in total. The van der Waals surface area contributed by atoms with Gasteiger partial charge in [-0.3, -0.25) is 0 Å². The van der Waals surface area contributed by atoms with Crippen LogP contribution in [0.15, 0.2) is 41.9 Å². The molecule has 0 radical (unpaired) electrons. The lowest BCUT2D eigenvalue weighted by atomic mass is 10.1. The summed E-state index contributed by atoms with van der Waals surface area (Å²) >= 11 is 1.61. The average molecular weight is 400 g/mol. The summed E-state index contributed by atoms with van der Waals surface area (Å²) in [6.07, 6.45) is 3.69. The average Bonchev–Trinajstić information content (AvgIpc) is 3.36. The minimum Gasteiger partial charge on any atom is -0.493 e. The highest BCUT2D eigenvalue weighted by molar-refractivity contribution is 7.13. The van der Waals surface area contributed by atoms with Crippen molar-refractivity contribution >= 4 is 17.3 Å². The highest BCUT2D eigenvalue weighted by Crippen LogP contribution is 2.36. The van der Waals surface area contributed by atoms with Crippen LogP contribution in [0.3, 0.4) is 0 Å². The SMILES string of the molecule is CCCc1c(C(=O)OCC)c(-c2cccs2)cn1-c1ccc(OC)c(OC)c1. The van der Waals surface area contributed by atoms with Gasteiger partial charge in [0, 0.05) is 34.1 Å². The molecule has 0 aliphatic rings. The van der Waals surface area contributed by atoms with Gasteiger partial charge in [-0.1, -0.05) is 19.4 Å². The van der Waals surface area contributed by atoms with E-state index in [1.165, 1.54) is 0 Å². The third kappa shape index (κ3) is 3.78. The molecule has 3 aromatic rings. The number of hydrogen-bond acceptors (Lipinski definition) is 5. The molecule has 3 rings (SSSR count). The van der Waals surface area contributed by atoms with Crippen LogP contribution < -0.4 is 9.47 Å². The van der Waals surface area contributed by atoms with Gasteiger partial charge in [0.15, 0.2) is 11.5 Å². The Kier molecular flexibility index (Phi) is 6.41. The minimum absolute atomic E-state index is 0.284. The molecular formula is C22H25NO4S. The molecule has 0 unspecified atom stereocenters. The van der Waals surface area contributed by atoms with Crippen molar-refractivity contribution in [1.29, 1.82) is 0 Å². The van der Waals surface area contributed by atoms with Gasteiger partial charge in [0.25, 0.3) is 0 Å². The van der Waals surface area contributed by atoms with Gasteiger partial charge in [-0.05, 0) is 36.9 Å². The molecule has 148 valence electrons. The first-order valence-electron chi connectivity index (χ1n) is 9.32. The van der Waals surface area contributed by atoms with Crippen molar-refractivity contribution in [1.82, 2.24) is 4.57 Å². The summed E-state index contributed by atoms with van der Waals surface area (Å²) in [6, 6.07) is 9.77. The Morgan fingerprint density at radius 1 is 1.11 bits per heavy atom. The number of nitrogens with zero attached hydrogens (tertiary/aromatic N) is 1. The summed E-state index contributed by atoms with van der Waals surface area (Å²) in [5.41, 5.74) is 3.39. The van der Waals surface area contributed by atoms with E-state index in [0.717, 1.165) is 34.7 Å². The Labute approximate surface area is 169 Å². The van der Waals surface area contributed by atoms with Gasteiger partial charge in [-0.25, -0.2) is 4.79 Å². The normalized spacial score (nSPS) is 10.7. The summed E-state index contributed by atoms with van der Waals surface area (Å²) in [7, 11) is 3.23. The van der Waals surface area contributed by atoms with Crippen LogP contribution in [0.25, 0.3) is 16.1 Å². The zero-order chi connectivity index (χ0) is 20.1. The van der Waals surface area contributed by atoms with E-state index in [0.29, 0.717) is 23.7 Å². The monoisotopic (exact) mass is 399 g/mol. The number of aromatic nitrogens is 1. The fourth-order valence-corrected chi connectivity index (χ4v) is 4.03. The van der Waals surface area contributed by atoms with E-state index < -0.39 is 0 Å². The number of hydrogen-bond donors (Lipinski definition) is 0. The summed E-state index contributed by atoms with van der Waals surface area (Å²) in [5, 5.41) is 2.01. The van der Waals surface area contributed by atoms with Gasteiger partial charge in [0.2, 0.25) is 0 Å². The molecule has 1 aromatic carbocycles. The number of methoxy groups -OCH3 is 2. The van der Waals surface area contributed by atoms with E-state index in [1.807, 2.05) is 48.8 Å². The highest BCUT2D eigenvalue weighted by atomic mass is 32.1. The zero-order valence-electron chi connectivity index (χ0n) is 16.7. The number of ether oxygens (including phenoxy) is 3. The number of carbonyl (C=O) groups excluding carboxylic acids is 1. The van der Waals surface area contributed by atoms with Crippen LogP contribution >= 0.6 is 11.3 Å². The largest absolute Gasteiger partial charge is 0.493 e. The molecule has 0 amide bonds. The van der Waals surface area contributed by atoms with Crippen LogP contribution in [-0.2, 0) is 11.2 Å². The highest BCUT2D eigenvalue weighted by Gasteiger charge is 2.25. The van der Waals surface area contributed by atoms with Gasteiger partial charge in [-0.2, -0.15) is 0 Å². The molecule has 28 heavy (non-hydrogen) atoms. The van der Waals surface area contributed by atoms with Gasteiger partial charge < -0.3 is 18.8 Å². The van der Waals surface area contributed by atoms with Crippen molar-refractivity contribution < 1.29 is 19.0 Å². The van der Waals surface area contributed by atoms with Gasteiger partial charge in [0.05, 0.1) is 26.4 Å². The van der Waals surface area contributed by atoms with Crippen molar-refractivity contribution in [3.63, 3.8) is 0 Å². The zero-order valence-corrected chi connectivity index (χ0v) is 17.5. The fourth-order valence-electron chi connectivity index (χ4n) is 3.28. The van der Waals surface area contributed by atoms with Gasteiger partial charge in [-0.15, -0.1) is 11.3 Å². The second-order valence-electron chi connectivity index (χ2n) is 6.22. The van der Waals surface area contributed by atoms with E-state index in [2.05, 4.69) is 11.5 Å². The topological polar surface area (TPSA) is 49.7 Å². The number of benzene rings is 1. The number of esters is 1. The molecule has 0 aliphatic heterocycles. The summed E-state index contributed by atoms with van der Waals surface area (Å²) in [5.74, 6) is 1.03. The molecule has 0 aliphatic carbocycles. The Bertz CT molecular complexity index is 944. The second-order valence-corrected chi connectivity index (χ2v) is 7.17. The quantitative estimate of drug-likeness (QED) is 0.479. The predicted octanol–water partition coefficient (Wildman–Crippen LogP) is 5.35. The van der Waals surface area contributed by atoms with Crippen molar-refractivity contribution in [3.05, 3.63) is 53.2 Å². The second kappa shape index (κ2) is 8.97. The van der Waals surface area contributed by atoms with Crippen molar-refractivity contribution in [2.45, 2.75) is 26.7 Å². The molecule has 0 saturated heterocycles. The van der Waals surface area contributed by atoms with E-state index in [-0.39, 0.29) is 5.97 Å². The van der Waals surface area contributed by atoms with Crippen molar-refractivity contribution in [2.24, 2.45) is 0 Å². The maximum atomic E-state index is 12.8. The number of thiophene rings is 1. The maximum Gasteiger partial charge on any atom is 0.340 e. The van der Waals surface area contributed by atoms with Crippen LogP contribution in [0.4, 0.5) is 0 Å². The molecule has 2 heterocycles. The van der Waals surface area contributed by atoms with Crippen LogP contribution in [0, 0.1) is 0 Å².